The van der Waals surface area contributed by atoms with Gasteiger partial charge in [0.05, 0.1) is 12.9 Å². The van der Waals surface area contributed by atoms with Crippen LogP contribution in [0.2, 0.25) is 0 Å². The average molecular weight is 414 g/mol. The van der Waals surface area contributed by atoms with Crippen molar-refractivity contribution in [1.82, 2.24) is 9.55 Å². The third-order valence-electron chi connectivity index (χ3n) is 3.06. The van der Waals surface area contributed by atoms with Crippen LogP contribution in [-0.2, 0) is 11.3 Å². The van der Waals surface area contributed by atoms with Crippen molar-refractivity contribution < 1.29 is 9.53 Å². The van der Waals surface area contributed by atoms with Gasteiger partial charge in [0.15, 0.2) is 0 Å². The van der Waals surface area contributed by atoms with E-state index in [1.165, 1.54) is 5.56 Å². The average Bonchev–Trinajstić information content (AvgIpc) is 3.33. The summed E-state index contributed by atoms with van der Waals surface area (Å²) in [5.41, 5.74) is 2.05. The number of rotatable bonds is 4. The SMILES string of the molecule is CC.CC.CC.CCOC(=O)Nc1ccccc1.c1ccc(Cn2ccnc2)cc1. The van der Waals surface area contributed by atoms with Gasteiger partial charge in [-0.05, 0) is 24.6 Å². The third kappa shape index (κ3) is 14.9. The van der Waals surface area contributed by atoms with Crippen molar-refractivity contribution in [3.05, 3.63) is 84.9 Å². The van der Waals surface area contributed by atoms with Crippen LogP contribution in [0.1, 0.15) is 54.0 Å². The Bertz CT molecular complexity index is 700. The molecule has 0 saturated carbocycles. The quantitative estimate of drug-likeness (QED) is 0.489. The molecule has 0 atom stereocenters. The van der Waals surface area contributed by atoms with Crippen LogP contribution in [-0.4, -0.2) is 22.3 Å². The molecule has 5 nitrogen and oxygen atoms in total. The van der Waals surface area contributed by atoms with Gasteiger partial charge < -0.3 is 9.30 Å². The maximum Gasteiger partial charge on any atom is 0.411 e. The number of imidazole rings is 1. The van der Waals surface area contributed by atoms with Gasteiger partial charge in [0.1, 0.15) is 0 Å². The molecule has 0 saturated heterocycles. The first-order valence-electron chi connectivity index (χ1n) is 10.8. The molecule has 1 heterocycles. The smallest absolute Gasteiger partial charge is 0.411 e. The van der Waals surface area contributed by atoms with Gasteiger partial charge in [0.25, 0.3) is 0 Å². The maximum absolute atomic E-state index is 10.9. The highest BCUT2D eigenvalue weighted by Crippen LogP contribution is 2.04. The number of nitrogens with one attached hydrogen (secondary N) is 1. The highest BCUT2D eigenvalue weighted by atomic mass is 16.5. The number of hydrogen-bond donors (Lipinski definition) is 1. The lowest BCUT2D eigenvalue weighted by molar-refractivity contribution is 0.168. The van der Waals surface area contributed by atoms with Gasteiger partial charge in [0, 0.05) is 24.6 Å². The summed E-state index contributed by atoms with van der Waals surface area (Å²) in [7, 11) is 0. The van der Waals surface area contributed by atoms with Gasteiger partial charge in [-0.3, -0.25) is 5.32 Å². The van der Waals surface area contributed by atoms with E-state index in [4.69, 9.17) is 4.74 Å². The summed E-state index contributed by atoms with van der Waals surface area (Å²) in [5.74, 6) is 0. The summed E-state index contributed by atoms with van der Waals surface area (Å²) in [5, 5.41) is 2.58. The molecule has 3 aromatic rings. The number of benzene rings is 2. The van der Waals surface area contributed by atoms with E-state index < -0.39 is 6.09 Å². The van der Waals surface area contributed by atoms with E-state index in [1.807, 2.05) is 90.5 Å². The van der Waals surface area contributed by atoms with Gasteiger partial charge in [-0.25, -0.2) is 9.78 Å². The van der Waals surface area contributed by atoms with Crippen LogP contribution in [0.3, 0.4) is 0 Å². The van der Waals surface area contributed by atoms with Crippen molar-refractivity contribution in [3.63, 3.8) is 0 Å². The Morgan fingerprint density at radius 1 is 0.900 bits per heavy atom. The fourth-order valence-electron chi connectivity index (χ4n) is 1.98. The first-order valence-corrected chi connectivity index (χ1v) is 10.8. The van der Waals surface area contributed by atoms with Crippen molar-refractivity contribution in [2.24, 2.45) is 0 Å². The van der Waals surface area contributed by atoms with Gasteiger partial charge in [0.2, 0.25) is 0 Å². The Hall–Kier alpha value is -3.08. The molecule has 1 aromatic heterocycles. The summed E-state index contributed by atoms with van der Waals surface area (Å²) in [6.07, 6.45) is 5.17. The van der Waals surface area contributed by atoms with Crippen LogP contribution in [0.5, 0.6) is 0 Å². The molecule has 0 aliphatic rings. The standard InChI is InChI=1S/C10H10N2.C9H11NO2.3C2H6/c1-2-4-10(5-3-1)8-12-7-6-11-9-12;1-2-12-9(11)10-8-6-4-3-5-7-8;3*1-2/h1-7,9H,8H2;3-7H,2H2,1H3,(H,10,11);3*1-2H3. The van der Waals surface area contributed by atoms with Crippen LogP contribution in [0, 0.1) is 0 Å². The highest BCUT2D eigenvalue weighted by Gasteiger charge is 1.98. The Labute approximate surface area is 183 Å². The zero-order chi connectivity index (χ0) is 23.0. The largest absolute Gasteiger partial charge is 0.450 e. The van der Waals surface area contributed by atoms with Crippen LogP contribution >= 0.6 is 0 Å². The van der Waals surface area contributed by atoms with Gasteiger partial charge in [-0.2, -0.15) is 0 Å². The number of amides is 1. The lowest BCUT2D eigenvalue weighted by Crippen LogP contribution is -2.12. The molecule has 0 unspecified atom stereocenters. The van der Waals surface area contributed by atoms with Gasteiger partial charge in [-0.1, -0.05) is 90.1 Å². The van der Waals surface area contributed by atoms with Crippen molar-refractivity contribution in [1.29, 1.82) is 0 Å². The molecular weight excluding hydrogens is 374 g/mol. The van der Waals surface area contributed by atoms with Crippen LogP contribution < -0.4 is 5.32 Å². The molecule has 30 heavy (non-hydrogen) atoms. The fraction of sp³-hybridized carbons (Fsp3) is 0.360. The number of carbonyl (C=O) groups is 1. The molecule has 3 rings (SSSR count). The summed E-state index contributed by atoms with van der Waals surface area (Å²) in [4.78, 5) is 14.9. The molecular formula is C25H39N3O2. The molecule has 1 N–H and O–H groups in total. The number of aromatic nitrogens is 2. The van der Waals surface area contributed by atoms with E-state index in [0.29, 0.717) is 6.61 Å². The second kappa shape index (κ2) is 22.2. The molecule has 0 aliphatic heterocycles. The van der Waals surface area contributed by atoms with Crippen molar-refractivity contribution in [2.75, 3.05) is 11.9 Å². The molecule has 0 aliphatic carbocycles. The molecule has 0 fully saturated rings. The monoisotopic (exact) mass is 413 g/mol. The Kier molecular flexibility index (Phi) is 21.6. The number of carbonyl (C=O) groups excluding carboxylic acids is 1. The van der Waals surface area contributed by atoms with E-state index in [2.05, 4.69) is 27.0 Å². The number of para-hydroxylation sites is 1. The summed E-state index contributed by atoms with van der Waals surface area (Å²) in [6, 6.07) is 19.5. The van der Waals surface area contributed by atoms with E-state index in [-0.39, 0.29) is 0 Å². The summed E-state index contributed by atoms with van der Waals surface area (Å²) in [6.45, 7) is 15.1. The molecule has 5 heteroatoms. The number of ether oxygens (including phenoxy) is 1. The van der Waals surface area contributed by atoms with Crippen molar-refractivity contribution in [2.45, 2.75) is 55.0 Å². The normalized spacial score (nSPS) is 8.23. The minimum atomic E-state index is -0.413. The highest BCUT2D eigenvalue weighted by molar-refractivity contribution is 5.84. The van der Waals surface area contributed by atoms with Crippen molar-refractivity contribution >= 4 is 11.8 Å². The zero-order valence-corrected chi connectivity index (χ0v) is 19.6. The van der Waals surface area contributed by atoms with Gasteiger partial charge >= 0.3 is 6.09 Å². The predicted octanol–water partition coefficient (Wildman–Crippen LogP) is 7.27. The number of anilines is 1. The summed E-state index contributed by atoms with van der Waals surface area (Å²) < 4.78 is 6.75. The first kappa shape index (κ1) is 29.1. The minimum Gasteiger partial charge on any atom is -0.450 e. The minimum absolute atomic E-state index is 0.388. The predicted molar refractivity (Wildman–Crippen MR) is 129 cm³/mol. The van der Waals surface area contributed by atoms with Crippen LogP contribution in [0.15, 0.2) is 79.4 Å². The van der Waals surface area contributed by atoms with Crippen LogP contribution in [0.25, 0.3) is 0 Å². The van der Waals surface area contributed by atoms with E-state index in [1.54, 1.807) is 25.3 Å². The molecule has 2 aromatic carbocycles. The number of hydrogen-bond acceptors (Lipinski definition) is 3. The Balaban J connectivity index is 0. The Morgan fingerprint density at radius 3 is 1.90 bits per heavy atom. The first-order chi connectivity index (χ1) is 14.8. The molecule has 1 amide bonds. The maximum atomic E-state index is 10.9. The van der Waals surface area contributed by atoms with Crippen LogP contribution in [0.4, 0.5) is 10.5 Å². The third-order valence-corrected chi connectivity index (χ3v) is 3.06. The Morgan fingerprint density at radius 2 is 1.43 bits per heavy atom. The molecule has 0 radical (unpaired) electrons. The molecule has 0 spiro atoms. The summed E-state index contributed by atoms with van der Waals surface area (Å²) >= 11 is 0. The van der Waals surface area contributed by atoms with E-state index in [9.17, 15) is 4.79 Å². The lowest BCUT2D eigenvalue weighted by atomic mass is 10.2. The topological polar surface area (TPSA) is 56.1 Å². The molecule has 0 bridgehead atoms. The van der Waals surface area contributed by atoms with Crippen molar-refractivity contribution in [3.8, 4) is 0 Å². The lowest BCUT2D eigenvalue weighted by Gasteiger charge is -2.03. The second-order valence-corrected chi connectivity index (χ2v) is 4.93. The second-order valence-electron chi connectivity index (χ2n) is 4.93. The van der Waals surface area contributed by atoms with Gasteiger partial charge in [-0.15, -0.1) is 0 Å². The zero-order valence-electron chi connectivity index (χ0n) is 19.6. The van der Waals surface area contributed by atoms with E-state index in [0.717, 1.165) is 12.2 Å². The molecule has 166 valence electrons. The number of nitrogens with zero attached hydrogens (tertiary/aromatic N) is 2. The fourth-order valence-corrected chi connectivity index (χ4v) is 1.98. The van der Waals surface area contributed by atoms with E-state index >= 15 is 0 Å².